The van der Waals surface area contributed by atoms with Crippen LogP contribution in [-0.2, 0) is 66.4 Å². The Morgan fingerprint density at radius 2 is 0.650 bits per heavy atom. The van der Waals surface area contributed by atoms with Crippen LogP contribution in [0.25, 0.3) is 0 Å². The number of non-ortho nitro benzene ring substituents is 2. The minimum Gasteiger partial charge on any atom is -0.507 e. The molecule has 0 amide bonds. The van der Waals surface area contributed by atoms with Gasteiger partial charge >= 0.3 is 11.9 Å². The first-order chi connectivity index (χ1) is 47.2. The summed E-state index contributed by atoms with van der Waals surface area (Å²) in [5.41, 5.74) is 11.7. The number of carbonyl (C=O) groups is 2. The van der Waals surface area contributed by atoms with Crippen LogP contribution >= 0.6 is 0 Å². The van der Waals surface area contributed by atoms with Gasteiger partial charge in [0.25, 0.3) is 11.4 Å². The van der Waals surface area contributed by atoms with Crippen LogP contribution in [0.2, 0.25) is 0 Å². The quantitative estimate of drug-likeness (QED) is 0.0277. The number of esters is 2. The fourth-order valence-electron chi connectivity index (χ4n) is 11.8. The van der Waals surface area contributed by atoms with Crippen LogP contribution in [0.5, 0.6) is 23.0 Å². The number of aromatic hydroxyl groups is 2. The molecule has 20 heteroatoms. The smallest absolute Gasteiger partial charge is 0.344 e. The van der Waals surface area contributed by atoms with Crippen LogP contribution in [0.3, 0.4) is 0 Å². The van der Waals surface area contributed by atoms with Crippen molar-refractivity contribution in [2.75, 3.05) is 62.4 Å². The van der Waals surface area contributed by atoms with Crippen molar-refractivity contribution in [1.82, 2.24) is 0 Å². The molecule has 8 aromatic rings. The van der Waals surface area contributed by atoms with E-state index in [9.17, 15) is 40.0 Å². The summed E-state index contributed by atoms with van der Waals surface area (Å²) < 4.78 is 25.4. The molecule has 0 saturated carbocycles. The number of fused-ring (bicyclic) bond motifs is 8. The third-order valence-electron chi connectivity index (χ3n) is 17.8. The Hall–Kier alpha value is -10.5. The lowest BCUT2D eigenvalue weighted by molar-refractivity contribution is -0.385. The van der Waals surface area contributed by atoms with Gasteiger partial charge in [-0.2, -0.15) is 20.5 Å². The highest BCUT2D eigenvalue weighted by Crippen LogP contribution is 2.44. The minimum atomic E-state index is -0.577. The number of phenols is 2. The van der Waals surface area contributed by atoms with Crippen LogP contribution < -0.4 is 19.3 Å². The van der Waals surface area contributed by atoms with Gasteiger partial charge in [-0.05, 0) is 175 Å². The molecule has 0 radical (unpaired) electrons. The van der Waals surface area contributed by atoms with Gasteiger partial charge in [-0.1, -0.05) is 132 Å². The van der Waals surface area contributed by atoms with Gasteiger partial charge in [0.15, 0.2) is 13.2 Å². The second-order valence-electron chi connectivity index (χ2n) is 29.4. The number of hydrogen-bond donors (Lipinski definition) is 2. The minimum absolute atomic E-state index is 0.0320. The largest absolute Gasteiger partial charge is 0.507 e. The average Bonchev–Trinajstić information content (AvgIpc) is 0.768. The van der Waals surface area contributed by atoms with E-state index in [1.807, 2.05) is 86.6 Å². The molecule has 0 atom stereocenters. The number of nitro groups is 2. The summed E-state index contributed by atoms with van der Waals surface area (Å²) in [4.78, 5) is 53.4. The van der Waals surface area contributed by atoms with Gasteiger partial charge in [0.05, 0.1) is 45.7 Å². The molecule has 0 fully saturated rings. The summed E-state index contributed by atoms with van der Waals surface area (Å²) in [6, 6.07) is 43.1. The first kappa shape index (κ1) is 73.7. The first-order valence-electron chi connectivity index (χ1n) is 33.9. The topological polar surface area (TPSA) is 254 Å². The Kier molecular flexibility index (Phi) is 23.0. The molecule has 2 N–H and O–H groups in total. The van der Waals surface area contributed by atoms with Crippen molar-refractivity contribution in [3.63, 3.8) is 0 Å². The van der Waals surface area contributed by atoms with Gasteiger partial charge in [0.1, 0.15) is 36.2 Å². The van der Waals surface area contributed by atoms with Crippen LogP contribution in [0.4, 0.5) is 45.5 Å². The molecule has 524 valence electrons. The molecule has 0 aromatic heterocycles. The van der Waals surface area contributed by atoms with E-state index < -0.39 is 35.0 Å². The van der Waals surface area contributed by atoms with Crippen molar-refractivity contribution in [3.8, 4) is 23.0 Å². The predicted octanol–water partition coefficient (Wildman–Crippen LogP) is 18.5. The van der Waals surface area contributed by atoms with Gasteiger partial charge in [0.2, 0.25) is 0 Å². The lowest BCUT2D eigenvalue weighted by atomic mass is 9.79. The molecule has 0 heterocycles. The lowest BCUT2D eigenvalue weighted by Crippen LogP contribution is -2.29. The number of phenolic OH excluding ortho intramolecular Hbond substituents is 2. The Morgan fingerprint density at radius 3 is 0.880 bits per heavy atom. The second-order valence-corrected chi connectivity index (χ2v) is 29.4. The average molecular weight is 1360 g/mol. The molecule has 1 aliphatic carbocycles. The molecule has 1 aliphatic rings. The number of rotatable bonds is 22. The SMILES string of the molecule is CCN(CCOC(=O)COc1c2cc(C(C)(C)C)cc1Cc1cc(C(C)(C)C)cc(c1O)Cc1cc(C(C)(C)C)cc(c1OCC(=O)OCCN(CC)c1ccc(N=Nc3ccc([N+](=O)[O-])cc3)cc1)Cc1cc(C(C)(C)C)cc(c1O)C2)c1ccc(N=Nc2ccc([N+](=O)[O-])cc2)cc1. The third-order valence-corrected chi connectivity index (χ3v) is 17.8. The normalized spacial score (nSPS) is 12.7. The van der Waals surface area contributed by atoms with E-state index >= 15 is 0 Å². The maximum absolute atomic E-state index is 14.0. The number of likely N-dealkylation sites (N-methyl/N-ethyl adjacent to an activating group) is 2. The molecule has 20 nitrogen and oxygen atoms in total. The lowest BCUT2D eigenvalue weighted by Gasteiger charge is -2.28. The van der Waals surface area contributed by atoms with Crippen molar-refractivity contribution in [2.45, 2.75) is 144 Å². The van der Waals surface area contributed by atoms with Crippen molar-refractivity contribution >= 4 is 57.4 Å². The molecule has 9 rings (SSSR count). The maximum atomic E-state index is 14.0. The van der Waals surface area contributed by atoms with Gasteiger partial charge in [0, 0.05) is 74.4 Å². The number of nitrogens with zero attached hydrogens (tertiary/aromatic N) is 8. The van der Waals surface area contributed by atoms with E-state index in [-0.39, 0.29) is 83.4 Å². The van der Waals surface area contributed by atoms with Crippen LogP contribution in [0.1, 0.15) is 164 Å². The van der Waals surface area contributed by atoms with E-state index in [1.165, 1.54) is 48.5 Å². The Balaban J connectivity index is 1.01. The third kappa shape index (κ3) is 19.0. The van der Waals surface area contributed by atoms with E-state index in [4.69, 9.17) is 18.9 Å². The van der Waals surface area contributed by atoms with Crippen LogP contribution in [0.15, 0.2) is 166 Å². The maximum Gasteiger partial charge on any atom is 0.344 e. The van der Waals surface area contributed by atoms with Gasteiger partial charge < -0.3 is 39.0 Å². The molecule has 8 bridgehead atoms. The zero-order valence-electron chi connectivity index (χ0n) is 59.9. The van der Waals surface area contributed by atoms with Gasteiger partial charge in [-0.15, -0.1) is 0 Å². The summed E-state index contributed by atoms with van der Waals surface area (Å²) in [5, 5.41) is 65.0. The highest BCUT2D eigenvalue weighted by atomic mass is 16.6. The summed E-state index contributed by atoms with van der Waals surface area (Å²) >= 11 is 0. The molecule has 100 heavy (non-hydrogen) atoms. The second kappa shape index (κ2) is 31.1. The van der Waals surface area contributed by atoms with E-state index in [2.05, 4.69) is 138 Å². The molecule has 0 saturated heterocycles. The number of carbonyl (C=O) groups excluding carboxylic acids is 2. The zero-order valence-corrected chi connectivity index (χ0v) is 59.9. The highest BCUT2D eigenvalue weighted by molar-refractivity contribution is 5.72. The van der Waals surface area contributed by atoms with Crippen molar-refractivity contribution in [1.29, 1.82) is 0 Å². The Labute approximate surface area is 586 Å². The molecule has 0 unspecified atom stereocenters. The van der Waals surface area contributed by atoms with Crippen LogP contribution in [-0.4, -0.2) is 84.6 Å². The summed E-state index contributed by atoms with van der Waals surface area (Å²) in [6.07, 6.45) is 0.807. The summed E-state index contributed by atoms with van der Waals surface area (Å²) in [7, 11) is 0. The molecule has 8 aromatic carbocycles. The van der Waals surface area contributed by atoms with Crippen LogP contribution in [0, 0.1) is 20.2 Å². The number of nitro benzene ring substituents is 2. The number of benzene rings is 8. The number of hydrogen-bond acceptors (Lipinski definition) is 18. The molecular weight excluding hydrogens is 1260 g/mol. The van der Waals surface area contributed by atoms with E-state index in [1.54, 1.807) is 0 Å². The Bertz CT molecular complexity index is 3960. The fourth-order valence-corrected chi connectivity index (χ4v) is 11.8. The van der Waals surface area contributed by atoms with Gasteiger partial charge in [-0.3, -0.25) is 20.2 Å². The van der Waals surface area contributed by atoms with Crippen molar-refractivity contribution < 1.29 is 48.6 Å². The molecular formula is C80H92N8O12. The Morgan fingerprint density at radius 1 is 0.410 bits per heavy atom. The van der Waals surface area contributed by atoms with Crippen molar-refractivity contribution in [2.24, 2.45) is 20.5 Å². The highest BCUT2D eigenvalue weighted by Gasteiger charge is 2.30. The van der Waals surface area contributed by atoms with Crippen molar-refractivity contribution in [3.05, 3.63) is 233 Å². The first-order valence-corrected chi connectivity index (χ1v) is 33.9. The van der Waals surface area contributed by atoms with Gasteiger partial charge in [-0.25, -0.2) is 9.59 Å². The molecule has 0 spiro atoms. The standard InChI is InChI=1S/C80H92N8O12/c1-15-85(67-25-17-63(18-26-67)81-83-65-21-29-69(30-22-65)87(93)94)33-35-97-71(89)49-99-75-55-37-51-41-59(77(3,4)5)43-53(73(51)91)39-57-47-62(80(12,13)14)48-58(40-54-44-60(78(6,7)8)42-52(74(54)92)38-56(75)46-61(45-55)79(9,10)11)76(57)100-50-72(90)98-36-34-86(16-2)68-27-19-64(20-28-68)82-84-66-23-31-70(32-24-66)88(95)96/h17-32,41-48,91-92H,15-16,33-40,49-50H2,1-14H3. The zero-order chi connectivity index (χ0) is 72.4. The van der Waals surface area contributed by atoms with E-state index in [0.717, 1.165) is 55.9 Å². The number of anilines is 2. The number of azo groups is 2. The fraction of sp³-hybridized carbons (Fsp3) is 0.375. The summed E-state index contributed by atoms with van der Waals surface area (Å²) in [5.74, 6) is -0.0863. The summed E-state index contributed by atoms with van der Waals surface area (Å²) in [6.45, 7) is 30.9. The number of ether oxygens (including phenoxy) is 4. The molecule has 0 aliphatic heterocycles. The predicted molar refractivity (Wildman–Crippen MR) is 391 cm³/mol. The van der Waals surface area contributed by atoms with E-state index in [0.29, 0.717) is 82.7 Å². The monoisotopic (exact) mass is 1360 g/mol.